The molecule has 5 heteroatoms. The lowest BCUT2D eigenvalue weighted by molar-refractivity contribution is 0.140. The molecule has 0 amide bonds. The highest BCUT2D eigenvalue weighted by Gasteiger charge is 2.19. The highest BCUT2D eigenvalue weighted by atomic mass is 19.3. The smallest absolute Gasteiger partial charge is 0.252 e. The highest BCUT2D eigenvalue weighted by molar-refractivity contribution is 5.30. The largest absolute Gasteiger partial charge is 0.283 e. The Hall–Kier alpha value is -1.57. The van der Waals surface area contributed by atoms with Crippen LogP contribution < -0.4 is 0 Å². The number of nitrogens with zero attached hydrogens (tertiary/aromatic N) is 2. The minimum Gasteiger partial charge on any atom is -0.252 e. The van der Waals surface area contributed by atoms with Gasteiger partial charge in [0.25, 0.3) is 6.43 Å². The van der Waals surface area contributed by atoms with Crippen molar-refractivity contribution in [2.75, 3.05) is 0 Å². The monoisotopic (exact) mass is 200 g/mol. The van der Waals surface area contributed by atoms with Crippen molar-refractivity contribution in [3.8, 4) is 6.07 Å². The molecule has 0 saturated heterocycles. The molecule has 0 aromatic carbocycles. The van der Waals surface area contributed by atoms with Crippen molar-refractivity contribution in [1.82, 2.24) is 4.98 Å². The number of alkyl halides is 2. The van der Waals surface area contributed by atoms with Gasteiger partial charge < -0.3 is 0 Å². The molecule has 0 fully saturated rings. The zero-order valence-electron chi connectivity index (χ0n) is 7.39. The molecule has 0 atom stereocenters. The topological polar surface area (TPSA) is 36.7 Å². The van der Waals surface area contributed by atoms with E-state index >= 15 is 0 Å². The summed E-state index contributed by atoms with van der Waals surface area (Å²) in [6.45, 7) is 1.53. The number of halogens is 3. The van der Waals surface area contributed by atoms with Crippen molar-refractivity contribution in [3.63, 3.8) is 0 Å². The molecule has 0 saturated carbocycles. The summed E-state index contributed by atoms with van der Waals surface area (Å²) in [5.41, 5.74) is -0.480. The predicted octanol–water partition coefficient (Wildman–Crippen LogP) is 2.53. The lowest BCUT2D eigenvalue weighted by atomic mass is 10.1. The average molecular weight is 200 g/mol. The molecule has 0 radical (unpaired) electrons. The van der Waals surface area contributed by atoms with Crippen molar-refractivity contribution < 1.29 is 13.2 Å². The minimum absolute atomic E-state index is 0.00204. The zero-order chi connectivity index (χ0) is 10.7. The summed E-state index contributed by atoms with van der Waals surface area (Å²) in [6.07, 6.45) is -2.02. The van der Waals surface area contributed by atoms with Crippen LogP contribution in [0.25, 0.3) is 0 Å². The lowest BCUT2D eigenvalue weighted by Gasteiger charge is -2.06. The Kier molecular flexibility index (Phi) is 3.07. The molecule has 74 valence electrons. The van der Waals surface area contributed by atoms with Crippen LogP contribution in [0.3, 0.4) is 0 Å². The van der Waals surface area contributed by atoms with Crippen molar-refractivity contribution in [2.24, 2.45) is 0 Å². The Bertz CT molecular complexity index is 382. The third-order valence-electron chi connectivity index (χ3n) is 1.83. The van der Waals surface area contributed by atoms with Gasteiger partial charge in [-0.05, 0) is 12.5 Å². The summed E-state index contributed by atoms with van der Waals surface area (Å²) >= 11 is 0. The van der Waals surface area contributed by atoms with Gasteiger partial charge in [-0.15, -0.1) is 0 Å². The molecule has 0 aliphatic heterocycles. The van der Waals surface area contributed by atoms with Crippen LogP contribution in [0, 0.1) is 24.1 Å². The van der Waals surface area contributed by atoms with E-state index in [1.165, 1.54) is 6.92 Å². The van der Waals surface area contributed by atoms with Crippen LogP contribution in [0.4, 0.5) is 13.2 Å². The Morgan fingerprint density at radius 1 is 1.57 bits per heavy atom. The van der Waals surface area contributed by atoms with Gasteiger partial charge in [-0.2, -0.15) is 5.26 Å². The second kappa shape index (κ2) is 4.09. The van der Waals surface area contributed by atoms with Crippen LogP contribution >= 0.6 is 0 Å². The molecule has 0 aliphatic carbocycles. The molecule has 2 nitrogen and oxygen atoms in total. The molecule has 0 unspecified atom stereocenters. The molecule has 0 N–H and O–H groups in total. The predicted molar refractivity (Wildman–Crippen MR) is 43.2 cm³/mol. The maximum absolute atomic E-state index is 13.3. The summed E-state index contributed by atoms with van der Waals surface area (Å²) in [6, 6.07) is 1.72. The van der Waals surface area contributed by atoms with E-state index in [0.717, 1.165) is 6.20 Å². The van der Waals surface area contributed by atoms with Crippen LogP contribution in [-0.4, -0.2) is 4.98 Å². The average Bonchev–Trinajstić information content (AvgIpc) is 2.11. The lowest BCUT2D eigenvalue weighted by Crippen LogP contribution is -2.03. The van der Waals surface area contributed by atoms with E-state index in [0.29, 0.717) is 5.56 Å². The first-order chi connectivity index (χ1) is 6.57. The van der Waals surface area contributed by atoms with Gasteiger partial charge in [0.05, 0.1) is 12.5 Å². The fourth-order valence-corrected chi connectivity index (χ4v) is 1.08. The van der Waals surface area contributed by atoms with E-state index in [2.05, 4.69) is 4.98 Å². The number of aromatic nitrogens is 1. The second-order valence-corrected chi connectivity index (χ2v) is 2.75. The van der Waals surface area contributed by atoms with E-state index in [4.69, 9.17) is 5.26 Å². The summed E-state index contributed by atoms with van der Waals surface area (Å²) in [5, 5.41) is 8.37. The number of hydrogen-bond acceptors (Lipinski definition) is 2. The molecule has 0 spiro atoms. The van der Waals surface area contributed by atoms with Gasteiger partial charge in [0.1, 0.15) is 5.69 Å². The molecular weight excluding hydrogens is 193 g/mol. The number of aryl methyl sites for hydroxylation is 1. The SMILES string of the molecule is Cc1cnc(C(F)F)c(F)c1CC#N. The van der Waals surface area contributed by atoms with Gasteiger partial charge in [0.2, 0.25) is 0 Å². The van der Waals surface area contributed by atoms with Crippen LogP contribution in [-0.2, 0) is 6.42 Å². The van der Waals surface area contributed by atoms with E-state index in [9.17, 15) is 13.2 Å². The summed E-state index contributed by atoms with van der Waals surface area (Å²) < 4.78 is 37.7. The van der Waals surface area contributed by atoms with Crippen LogP contribution in [0.5, 0.6) is 0 Å². The molecule has 0 bridgehead atoms. The van der Waals surface area contributed by atoms with Crippen LogP contribution in [0.2, 0.25) is 0 Å². The highest BCUT2D eigenvalue weighted by Crippen LogP contribution is 2.23. The van der Waals surface area contributed by atoms with Crippen LogP contribution in [0.15, 0.2) is 6.20 Å². The van der Waals surface area contributed by atoms with Crippen molar-refractivity contribution in [3.05, 3.63) is 28.8 Å². The fourth-order valence-electron chi connectivity index (χ4n) is 1.08. The first kappa shape index (κ1) is 10.5. The Labute approximate surface area is 79.0 Å². The van der Waals surface area contributed by atoms with E-state index in [1.54, 1.807) is 6.07 Å². The first-order valence-electron chi connectivity index (χ1n) is 3.87. The zero-order valence-corrected chi connectivity index (χ0v) is 7.39. The Balaban J connectivity index is 3.27. The van der Waals surface area contributed by atoms with Crippen molar-refractivity contribution >= 4 is 0 Å². The Morgan fingerprint density at radius 2 is 2.21 bits per heavy atom. The first-order valence-corrected chi connectivity index (χ1v) is 3.87. The maximum Gasteiger partial charge on any atom is 0.283 e. The normalized spacial score (nSPS) is 10.3. The van der Waals surface area contributed by atoms with Gasteiger partial charge in [-0.1, -0.05) is 0 Å². The van der Waals surface area contributed by atoms with E-state index in [-0.39, 0.29) is 12.0 Å². The number of pyridine rings is 1. The van der Waals surface area contributed by atoms with Gasteiger partial charge in [-0.3, -0.25) is 4.98 Å². The minimum atomic E-state index is -2.95. The van der Waals surface area contributed by atoms with Crippen LogP contribution in [0.1, 0.15) is 23.2 Å². The standard InChI is InChI=1S/C9H7F3N2/c1-5-4-14-8(9(11)12)7(10)6(5)2-3-13/h4,9H,2H2,1H3. The summed E-state index contributed by atoms with van der Waals surface area (Å²) in [5.74, 6) is -1.07. The third kappa shape index (κ3) is 1.84. The number of nitriles is 1. The summed E-state index contributed by atoms with van der Waals surface area (Å²) in [4.78, 5) is 3.29. The fraction of sp³-hybridized carbons (Fsp3) is 0.333. The van der Waals surface area contributed by atoms with Crippen molar-refractivity contribution in [2.45, 2.75) is 19.8 Å². The van der Waals surface area contributed by atoms with Gasteiger partial charge >= 0.3 is 0 Å². The molecular formula is C9H7F3N2. The number of rotatable bonds is 2. The molecule has 0 aliphatic rings. The molecule has 1 aromatic rings. The molecule has 1 aromatic heterocycles. The summed E-state index contributed by atoms with van der Waals surface area (Å²) in [7, 11) is 0. The molecule has 1 rings (SSSR count). The van der Waals surface area contributed by atoms with Gasteiger partial charge in [0, 0.05) is 11.8 Å². The third-order valence-corrected chi connectivity index (χ3v) is 1.83. The molecule has 1 heterocycles. The van der Waals surface area contributed by atoms with E-state index in [1.807, 2.05) is 0 Å². The maximum atomic E-state index is 13.3. The quantitative estimate of drug-likeness (QED) is 0.735. The second-order valence-electron chi connectivity index (χ2n) is 2.75. The van der Waals surface area contributed by atoms with Crippen molar-refractivity contribution in [1.29, 1.82) is 5.26 Å². The Morgan fingerprint density at radius 3 is 2.71 bits per heavy atom. The molecule has 14 heavy (non-hydrogen) atoms. The van der Waals surface area contributed by atoms with E-state index < -0.39 is 17.9 Å². The van der Waals surface area contributed by atoms with Gasteiger partial charge in [0.15, 0.2) is 5.82 Å². The number of hydrogen-bond donors (Lipinski definition) is 0. The van der Waals surface area contributed by atoms with Gasteiger partial charge in [-0.25, -0.2) is 13.2 Å².